The zero-order valence-corrected chi connectivity index (χ0v) is 8.38. The third-order valence-electron chi connectivity index (χ3n) is 2.36. The minimum atomic E-state index is -4.35. The van der Waals surface area contributed by atoms with E-state index >= 15 is 0 Å². The van der Waals surface area contributed by atoms with Crippen molar-refractivity contribution in [3.8, 4) is 0 Å². The summed E-state index contributed by atoms with van der Waals surface area (Å²) in [7, 11) is 0. The van der Waals surface area contributed by atoms with Crippen LogP contribution in [0, 0.1) is 0 Å². The van der Waals surface area contributed by atoms with Crippen LogP contribution in [0.5, 0.6) is 0 Å². The van der Waals surface area contributed by atoms with Gasteiger partial charge in [-0.1, -0.05) is 0 Å². The summed E-state index contributed by atoms with van der Waals surface area (Å²) in [5.74, 6) is -0.227. The van der Waals surface area contributed by atoms with Gasteiger partial charge in [-0.15, -0.1) is 0 Å². The largest absolute Gasteiger partial charge is 0.416 e. The highest BCUT2D eigenvalue weighted by Gasteiger charge is 2.30. The maximum atomic E-state index is 12.4. The number of alkyl halides is 3. The summed E-state index contributed by atoms with van der Waals surface area (Å²) in [5, 5.41) is 0.407. The second-order valence-electron chi connectivity index (χ2n) is 3.48. The molecule has 0 N–H and O–H groups in total. The van der Waals surface area contributed by atoms with E-state index < -0.39 is 11.7 Å². The number of fused-ring (bicyclic) bond motifs is 1. The first kappa shape index (κ1) is 10.7. The SMILES string of the molecule is CC(=O)n1ccc2cc(C(F)(F)F)ccc21. The second-order valence-corrected chi connectivity index (χ2v) is 3.48. The Hall–Kier alpha value is -1.78. The Balaban J connectivity index is 2.62. The van der Waals surface area contributed by atoms with E-state index in [0.29, 0.717) is 10.9 Å². The molecule has 0 unspecified atom stereocenters. The summed E-state index contributed by atoms with van der Waals surface area (Å²) in [6, 6.07) is 4.81. The van der Waals surface area contributed by atoms with E-state index in [1.54, 1.807) is 0 Å². The van der Waals surface area contributed by atoms with Crippen LogP contribution in [0.15, 0.2) is 30.5 Å². The smallest absolute Gasteiger partial charge is 0.287 e. The van der Waals surface area contributed by atoms with E-state index in [4.69, 9.17) is 0 Å². The van der Waals surface area contributed by atoms with Gasteiger partial charge in [0.25, 0.3) is 0 Å². The van der Waals surface area contributed by atoms with Gasteiger partial charge < -0.3 is 0 Å². The number of halogens is 3. The first-order valence-electron chi connectivity index (χ1n) is 4.59. The highest BCUT2D eigenvalue weighted by Crippen LogP contribution is 2.31. The monoisotopic (exact) mass is 227 g/mol. The molecule has 0 saturated carbocycles. The van der Waals surface area contributed by atoms with Gasteiger partial charge in [0.1, 0.15) is 0 Å². The Kier molecular flexibility index (Phi) is 2.26. The number of aromatic nitrogens is 1. The van der Waals surface area contributed by atoms with Crippen molar-refractivity contribution in [2.45, 2.75) is 13.1 Å². The van der Waals surface area contributed by atoms with Crippen molar-refractivity contribution in [3.05, 3.63) is 36.0 Å². The van der Waals surface area contributed by atoms with Gasteiger partial charge in [0.05, 0.1) is 11.1 Å². The zero-order valence-electron chi connectivity index (χ0n) is 8.38. The van der Waals surface area contributed by atoms with Crippen molar-refractivity contribution >= 4 is 16.8 Å². The predicted octanol–water partition coefficient (Wildman–Crippen LogP) is 3.32. The number of hydrogen-bond donors (Lipinski definition) is 0. The topological polar surface area (TPSA) is 22.0 Å². The van der Waals surface area contributed by atoms with Gasteiger partial charge in [-0.2, -0.15) is 13.2 Å². The van der Waals surface area contributed by atoms with Crippen LogP contribution < -0.4 is 0 Å². The molecule has 2 rings (SSSR count). The molecule has 0 atom stereocenters. The molecule has 0 aliphatic heterocycles. The summed E-state index contributed by atoms with van der Waals surface area (Å²) in [5.41, 5.74) is -0.221. The van der Waals surface area contributed by atoms with Crippen LogP contribution in [0.3, 0.4) is 0 Å². The number of rotatable bonds is 0. The maximum absolute atomic E-state index is 12.4. The number of hydrogen-bond acceptors (Lipinski definition) is 1. The standard InChI is InChI=1S/C11H8F3NO/c1-7(16)15-5-4-8-6-9(11(12,13)14)2-3-10(8)15/h2-6H,1H3. The quantitative estimate of drug-likeness (QED) is 0.676. The van der Waals surface area contributed by atoms with E-state index in [2.05, 4.69) is 0 Å². The van der Waals surface area contributed by atoms with Crippen LogP contribution in [0.2, 0.25) is 0 Å². The molecule has 0 bridgehead atoms. The molecule has 1 aromatic carbocycles. The van der Waals surface area contributed by atoms with Gasteiger partial charge >= 0.3 is 6.18 Å². The summed E-state index contributed by atoms with van der Waals surface area (Å²) in [4.78, 5) is 11.1. The fourth-order valence-electron chi connectivity index (χ4n) is 1.59. The molecule has 2 aromatic rings. The molecule has 0 radical (unpaired) electrons. The molecule has 2 nitrogen and oxygen atoms in total. The Bertz CT molecular complexity index is 554. The Morgan fingerprint density at radius 2 is 1.94 bits per heavy atom. The Labute approximate surface area is 89.3 Å². The summed E-state index contributed by atoms with van der Waals surface area (Å²) < 4.78 is 38.5. The van der Waals surface area contributed by atoms with E-state index in [0.717, 1.165) is 12.1 Å². The van der Waals surface area contributed by atoms with Gasteiger partial charge in [0, 0.05) is 18.5 Å². The third-order valence-corrected chi connectivity index (χ3v) is 2.36. The first-order chi connectivity index (χ1) is 7.39. The fraction of sp³-hybridized carbons (Fsp3) is 0.182. The van der Waals surface area contributed by atoms with E-state index in [9.17, 15) is 18.0 Å². The number of benzene rings is 1. The van der Waals surface area contributed by atoms with Crippen LogP contribution in [-0.2, 0) is 6.18 Å². The lowest BCUT2D eigenvalue weighted by Crippen LogP contribution is -2.05. The molecule has 0 spiro atoms. The second kappa shape index (κ2) is 3.37. The highest BCUT2D eigenvalue weighted by molar-refractivity contribution is 5.91. The molecular formula is C11H8F3NO. The van der Waals surface area contributed by atoms with Gasteiger partial charge in [-0.3, -0.25) is 9.36 Å². The molecule has 16 heavy (non-hydrogen) atoms. The van der Waals surface area contributed by atoms with Gasteiger partial charge in [-0.25, -0.2) is 0 Å². The summed E-state index contributed by atoms with van der Waals surface area (Å²) >= 11 is 0. The van der Waals surface area contributed by atoms with Gasteiger partial charge in [-0.05, 0) is 24.3 Å². The molecule has 5 heteroatoms. The van der Waals surface area contributed by atoms with Crippen molar-refractivity contribution in [1.29, 1.82) is 0 Å². The van der Waals surface area contributed by atoms with Gasteiger partial charge in [0.15, 0.2) is 0 Å². The molecular weight excluding hydrogens is 219 g/mol. The first-order valence-corrected chi connectivity index (χ1v) is 4.59. The summed E-state index contributed by atoms with van der Waals surface area (Å²) in [6.07, 6.45) is -2.89. The van der Waals surface area contributed by atoms with Crippen molar-refractivity contribution < 1.29 is 18.0 Å². The molecule has 0 fully saturated rings. The number of nitrogens with zero attached hydrogens (tertiary/aromatic N) is 1. The average molecular weight is 227 g/mol. The van der Waals surface area contributed by atoms with E-state index in [-0.39, 0.29) is 5.91 Å². The highest BCUT2D eigenvalue weighted by atomic mass is 19.4. The molecule has 0 aliphatic carbocycles. The minimum Gasteiger partial charge on any atom is -0.287 e. The predicted molar refractivity (Wildman–Crippen MR) is 53.2 cm³/mol. The van der Waals surface area contributed by atoms with Crippen LogP contribution in [0.25, 0.3) is 10.9 Å². The van der Waals surface area contributed by atoms with Crippen molar-refractivity contribution in [3.63, 3.8) is 0 Å². The normalized spacial score (nSPS) is 12.0. The Morgan fingerprint density at radius 3 is 2.50 bits per heavy atom. The molecule has 0 amide bonds. The summed E-state index contributed by atoms with van der Waals surface area (Å²) in [6.45, 7) is 1.36. The van der Waals surface area contributed by atoms with Crippen molar-refractivity contribution in [2.75, 3.05) is 0 Å². The minimum absolute atomic E-state index is 0.227. The molecule has 0 aliphatic rings. The lowest BCUT2D eigenvalue weighted by atomic mass is 10.1. The zero-order chi connectivity index (χ0) is 11.9. The van der Waals surface area contributed by atoms with Crippen LogP contribution in [0.1, 0.15) is 17.3 Å². The van der Waals surface area contributed by atoms with Crippen molar-refractivity contribution in [2.24, 2.45) is 0 Å². The van der Waals surface area contributed by atoms with Crippen molar-refractivity contribution in [1.82, 2.24) is 4.57 Å². The fourth-order valence-corrected chi connectivity index (χ4v) is 1.59. The molecule has 84 valence electrons. The van der Waals surface area contributed by atoms with Gasteiger partial charge in [0.2, 0.25) is 5.91 Å². The molecule has 1 heterocycles. The maximum Gasteiger partial charge on any atom is 0.416 e. The lowest BCUT2D eigenvalue weighted by Gasteiger charge is -2.06. The van der Waals surface area contributed by atoms with Crippen LogP contribution >= 0.6 is 0 Å². The molecule has 1 aromatic heterocycles. The number of carbonyl (C=O) groups excluding carboxylic acids is 1. The molecule has 0 saturated heterocycles. The van der Waals surface area contributed by atoms with E-state index in [1.807, 2.05) is 0 Å². The average Bonchev–Trinajstić information content (AvgIpc) is 2.58. The van der Waals surface area contributed by atoms with Crippen LogP contribution in [0.4, 0.5) is 13.2 Å². The van der Waals surface area contributed by atoms with Crippen LogP contribution in [-0.4, -0.2) is 10.5 Å². The third kappa shape index (κ3) is 1.68. The Morgan fingerprint density at radius 1 is 1.25 bits per heavy atom. The number of carbonyl (C=O) groups is 1. The lowest BCUT2D eigenvalue weighted by molar-refractivity contribution is -0.137. The van der Waals surface area contributed by atoms with E-state index in [1.165, 1.54) is 29.8 Å².